The van der Waals surface area contributed by atoms with E-state index in [4.69, 9.17) is 14.2 Å². The smallest absolute Gasteiger partial charge is 0.306 e. The number of unbranched alkanes of at least 4 members (excludes halogenated alkanes) is 27. The summed E-state index contributed by atoms with van der Waals surface area (Å²) in [5, 5.41) is 0. The lowest BCUT2D eigenvalue weighted by molar-refractivity contribution is -0.163. The molecular weight excluding hydrogens is 717 g/mol. The largest absolute Gasteiger partial charge is 0.462 e. The van der Waals surface area contributed by atoms with E-state index >= 15 is 0 Å². The fourth-order valence-corrected chi connectivity index (χ4v) is 6.99. The predicted octanol–water partition coefficient (Wildman–Crippen LogP) is 16.8. The summed E-state index contributed by atoms with van der Waals surface area (Å²) < 4.78 is 17.4. The molecule has 0 spiro atoms. The molecule has 0 aliphatic carbocycles. The molecule has 0 N–H and O–H groups in total. The minimum Gasteiger partial charge on any atom is -0.462 e. The summed E-state index contributed by atoms with van der Waals surface area (Å²) in [4.78, 5) is 25.3. The standard InChI is InChI=1S/C53H96O5/c1-4-7-10-13-16-19-22-24-26-28-30-33-36-39-42-45-48-56-49-51(58-53(55)47-44-41-38-35-31-21-18-15-12-9-6-3)50-57-52(54)46-43-40-37-34-32-29-27-25-23-20-17-14-11-8-5-2/h15-16,18-19,24-27,51H,4-14,17,20-23,28-50H2,1-3H3/b18-15-,19-16-,26-24-,27-25-. The van der Waals surface area contributed by atoms with E-state index < -0.39 is 6.10 Å². The minimum absolute atomic E-state index is 0.0745. The highest BCUT2D eigenvalue weighted by Crippen LogP contribution is 2.13. The maximum atomic E-state index is 12.7. The van der Waals surface area contributed by atoms with Crippen molar-refractivity contribution < 1.29 is 23.8 Å². The van der Waals surface area contributed by atoms with E-state index in [0.29, 0.717) is 19.4 Å². The van der Waals surface area contributed by atoms with E-state index in [1.165, 1.54) is 148 Å². The summed E-state index contributed by atoms with van der Waals surface area (Å²) in [5.41, 5.74) is 0. The van der Waals surface area contributed by atoms with Gasteiger partial charge in [0, 0.05) is 19.4 Å². The normalized spacial score (nSPS) is 12.5. The average molecular weight is 813 g/mol. The SMILES string of the molecule is CCCC/C=C\CCCCCCCC(=O)OC(COCCCCCCCC/C=C\C/C=C\CCCCC)COC(=O)CCCCCCC/C=C\CCCCCCCC. The molecule has 5 heteroatoms. The maximum Gasteiger partial charge on any atom is 0.306 e. The first-order valence-electron chi connectivity index (χ1n) is 25.2. The highest BCUT2D eigenvalue weighted by atomic mass is 16.6. The molecular formula is C53H96O5. The molecule has 0 aromatic carbocycles. The molecule has 0 saturated carbocycles. The van der Waals surface area contributed by atoms with Gasteiger partial charge in [0.15, 0.2) is 6.10 Å². The first kappa shape index (κ1) is 55.9. The number of esters is 2. The molecule has 0 radical (unpaired) electrons. The molecule has 0 heterocycles. The van der Waals surface area contributed by atoms with Crippen LogP contribution in [0.15, 0.2) is 48.6 Å². The lowest BCUT2D eigenvalue weighted by atomic mass is 10.1. The number of ether oxygens (including phenoxy) is 3. The molecule has 0 aromatic rings. The lowest BCUT2D eigenvalue weighted by Gasteiger charge is -2.18. The van der Waals surface area contributed by atoms with Crippen LogP contribution in [-0.2, 0) is 23.8 Å². The van der Waals surface area contributed by atoms with Gasteiger partial charge < -0.3 is 14.2 Å². The van der Waals surface area contributed by atoms with Gasteiger partial charge in [-0.1, -0.05) is 191 Å². The van der Waals surface area contributed by atoms with Gasteiger partial charge in [0.05, 0.1) is 6.61 Å². The Hall–Kier alpha value is -2.14. The third-order valence-electron chi connectivity index (χ3n) is 10.8. The van der Waals surface area contributed by atoms with E-state index in [1.54, 1.807) is 0 Å². The van der Waals surface area contributed by atoms with Gasteiger partial charge in [-0.2, -0.15) is 0 Å². The third kappa shape index (κ3) is 46.5. The predicted molar refractivity (Wildman–Crippen MR) is 251 cm³/mol. The Morgan fingerprint density at radius 1 is 0.379 bits per heavy atom. The van der Waals surface area contributed by atoms with Crippen LogP contribution < -0.4 is 0 Å². The van der Waals surface area contributed by atoms with Crippen LogP contribution >= 0.6 is 0 Å². The minimum atomic E-state index is -0.547. The first-order chi connectivity index (χ1) is 28.6. The van der Waals surface area contributed by atoms with E-state index in [2.05, 4.69) is 69.4 Å². The first-order valence-corrected chi connectivity index (χ1v) is 25.2. The van der Waals surface area contributed by atoms with Crippen molar-refractivity contribution in [1.82, 2.24) is 0 Å². The summed E-state index contributed by atoms with van der Waals surface area (Å²) >= 11 is 0. The fraction of sp³-hybridized carbons (Fsp3) is 0.811. The van der Waals surface area contributed by atoms with Gasteiger partial charge in [0.2, 0.25) is 0 Å². The molecule has 1 atom stereocenters. The van der Waals surface area contributed by atoms with Crippen LogP contribution in [0.4, 0.5) is 0 Å². The Balaban J connectivity index is 4.27. The second kappa shape index (κ2) is 49.2. The molecule has 0 aromatic heterocycles. The zero-order valence-electron chi connectivity index (χ0n) is 38.8. The van der Waals surface area contributed by atoms with Crippen LogP contribution in [0.25, 0.3) is 0 Å². The number of allylic oxidation sites excluding steroid dienone is 8. The van der Waals surface area contributed by atoms with Crippen molar-refractivity contribution in [2.24, 2.45) is 0 Å². The Kier molecular flexibility index (Phi) is 47.4. The number of hydrogen-bond donors (Lipinski definition) is 0. The maximum absolute atomic E-state index is 12.7. The molecule has 0 saturated heterocycles. The van der Waals surface area contributed by atoms with Crippen molar-refractivity contribution in [2.75, 3.05) is 19.8 Å². The van der Waals surface area contributed by atoms with Crippen LogP contribution in [0.2, 0.25) is 0 Å². The summed E-state index contributed by atoms with van der Waals surface area (Å²) in [5.74, 6) is -0.418. The number of carbonyl (C=O) groups excluding carboxylic acids is 2. The second-order valence-corrected chi connectivity index (χ2v) is 16.7. The van der Waals surface area contributed by atoms with Crippen molar-refractivity contribution in [3.8, 4) is 0 Å². The molecule has 0 rings (SSSR count). The summed E-state index contributed by atoms with van der Waals surface area (Å²) in [7, 11) is 0. The van der Waals surface area contributed by atoms with Crippen LogP contribution in [0.1, 0.15) is 252 Å². The van der Waals surface area contributed by atoms with Crippen molar-refractivity contribution in [3.63, 3.8) is 0 Å². The molecule has 1 unspecified atom stereocenters. The molecule has 58 heavy (non-hydrogen) atoms. The molecule has 0 bridgehead atoms. The van der Waals surface area contributed by atoms with Gasteiger partial charge in [-0.15, -0.1) is 0 Å². The summed E-state index contributed by atoms with van der Waals surface area (Å²) in [6.45, 7) is 7.74. The molecule has 0 amide bonds. The summed E-state index contributed by atoms with van der Waals surface area (Å²) in [6, 6.07) is 0. The van der Waals surface area contributed by atoms with Gasteiger partial charge in [-0.05, 0) is 96.3 Å². The van der Waals surface area contributed by atoms with Gasteiger partial charge >= 0.3 is 11.9 Å². The quantitative estimate of drug-likeness (QED) is 0.0348. The van der Waals surface area contributed by atoms with Gasteiger partial charge in [-0.3, -0.25) is 9.59 Å². The van der Waals surface area contributed by atoms with Crippen LogP contribution in [0, 0.1) is 0 Å². The van der Waals surface area contributed by atoms with E-state index in [0.717, 1.165) is 70.6 Å². The van der Waals surface area contributed by atoms with Crippen LogP contribution in [0.5, 0.6) is 0 Å². The Labute approximate surface area is 361 Å². The van der Waals surface area contributed by atoms with E-state index in [-0.39, 0.29) is 25.2 Å². The van der Waals surface area contributed by atoms with Crippen molar-refractivity contribution in [1.29, 1.82) is 0 Å². The van der Waals surface area contributed by atoms with Crippen LogP contribution in [-0.4, -0.2) is 37.9 Å². The lowest BCUT2D eigenvalue weighted by Crippen LogP contribution is -2.30. The van der Waals surface area contributed by atoms with Crippen molar-refractivity contribution in [3.05, 3.63) is 48.6 Å². The third-order valence-corrected chi connectivity index (χ3v) is 10.8. The van der Waals surface area contributed by atoms with Gasteiger partial charge in [-0.25, -0.2) is 0 Å². The molecule has 5 nitrogen and oxygen atoms in total. The number of carbonyl (C=O) groups is 2. The average Bonchev–Trinajstić information content (AvgIpc) is 3.22. The highest BCUT2D eigenvalue weighted by Gasteiger charge is 2.17. The monoisotopic (exact) mass is 813 g/mol. The van der Waals surface area contributed by atoms with Gasteiger partial charge in [0.1, 0.15) is 6.61 Å². The zero-order chi connectivity index (χ0) is 42.1. The van der Waals surface area contributed by atoms with E-state index in [9.17, 15) is 9.59 Å². The topological polar surface area (TPSA) is 61.8 Å². The van der Waals surface area contributed by atoms with E-state index in [1.807, 2.05) is 0 Å². The molecule has 338 valence electrons. The molecule has 0 fully saturated rings. The summed E-state index contributed by atoms with van der Waals surface area (Å²) in [6.07, 6.45) is 59.7. The highest BCUT2D eigenvalue weighted by molar-refractivity contribution is 5.70. The number of hydrogen-bond acceptors (Lipinski definition) is 5. The van der Waals surface area contributed by atoms with Crippen molar-refractivity contribution >= 4 is 11.9 Å². The Bertz CT molecular complexity index is 966. The van der Waals surface area contributed by atoms with Gasteiger partial charge in [0.25, 0.3) is 0 Å². The second-order valence-electron chi connectivity index (χ2n) is 16.7. The van der Waals surface area contributed by atoms with Crippen LogP contribution in [0.3, 0.4) is 0 Å². The molecule has 0 aliphatic rings. The number of rotatable bonds is 46. The zero-order valence-corrected chi connectivity index (χ0v) is 38.8. The Morgan fingerprint density at radius 2 is 0.741 bits per heavy atom. The fourth-order valence-electron chi connectivity index (χ4n) is 6.99. The Morgan fingerprint density at radius 3 is 1.24 bits per heavy atom. The molecule has 0 aliphatic heterocycles. The van der Waals surface area contributed by atoms with Crippen molar-refractivity contribution in [2.45, 2.75) is 258 Å².